The van der Waals surface area contributed by atoms with E-state index in [-0.39, 0.29) is 29.7 Å². The van der Waals surface area contributed by atoms with E-state index in [2.05, 4.69) is 5.32 Å². The van der Waals surface area contributed by atoms with Gasteiger partial charge in [-0.1, -0.05) is 6.07 Å². The number of aromatic hydroxyl groups is 1. The molecule has 0 aromatic heterocycles. The first-order chi connectivity index (χ1) is 17.6. The lowest BCUT2D eigenvalue weighted by Gasteiger charge is -2.50. The van der Waals surface area contributed by atoms with Crippen LogP contribution in [0.4, 0.5) is 5.69 Å². The number of primary amides is 1. The molecule has 4 rings (SSSR count). The van der Waals surface area contributed by atoms with E-state index in [0.717, 1.165) is 0 Å². The van der Waals surface area contributed by atoms with E-state index in [9.17, 15) is 39.6 Å². The summed E-state index contributed by atoms with van der Waals surface area (Å²) in [5.41, 5.74) is 1.93. The van der Waals surface area contributed by atoms with Gasteiger partial charge in [-0.2, -0.15) is 0 Å². The second-order valence-corrected chi connectivity index (χ2v) is 10.6. The second-order valence-electron chi connectivity index (χ2n) is 10.6. The molecule has 12 heteroatoms. The number of anilines is 1. The first-order valence-corrected chi connectivity index (χ1v) is 12.1. The number of aliphatic hydroxyl groups excluding tert-OH is 2. The van der Waals surface area contributed by atoms with E-state index < -0.39 is 75.7 Å². The number of amides is 2. The van der Waals surface area contributed by atoms with E-state index in [1.165, 1.54) is 11.0 Å². The van der Waals surface area contributed by atoms with Gasteiger partial charge in [0.15, 0.2) is 11.4 Å². The number of carbonyl (C=O) groups excluding carboxylic acids is 4. The van der Waals surface area contributed by atoms with Crippen molar-refractivity contribution < 1.29 is 39.6 Å². The number of phenols is 1. The average Bonchev–Trinajstić information content (AvgIpc) is 2.82. The Labute approximate surface area is 219 Å². The number of phenolic OH excluding ortho intramolecular Hbond substituents is 1. The third-order valence-corrected chi connectivity index (χ3v) is 8.01. The standard InChI is InChI=1S/C26H32N4O8/c1-10(29(2)3)25(37)28-14-7-6-11-8-12-9-13-18(30(4)5)21(33)17(24(27)36)23(35)26(13,38)22(34)16(12)20(32)15(11)19(14)31/h6-7,10,12-13,18,31-32,35,38H,8-9H2,1-5H3,(H2,27,36)(H,28,37)/t10?,12?,13?,18-,26?/m0/s1. The van der Waals surface area contributed by atoms with Crippen molar-refractivity contribution in [3.05, 3.63) is 40.2 Å². The van der Waals surface area contributed by atoms with Crippen LogP contribution < -0.4 is 11.1 Å². The van der Waals surface area contributed by atoms with Crippen LogP contribution >= 0.6 is 0 Å². The van der Waals surface area contributed by atoms with Crippen LogP contribution in [0.1, 0.15) is 24.5 Å². The van der Waals surface area contributed by atoms with Gasteiger partial charge in [-0.05, 0) is 65.5 Å². The second kappa shape index (κ2) is 9.22. The molecule has 1 aromatic rings. The molecule has 4 unspecified atom stereocenters. The summed E-state index contributed by atoms with van der Waals surface area (Å²) in [7, 11) is 6.51. The van der Waals surface area contributed by atoms with E-state index in [0.29, 0.717) is 5.56 Å². The molecule has 7 N–H and O–H groups in total. The Bertz CT molecular complexity index is 1330. The Morgan fingerprint density at radius 2 is 1.76 bits per heavy atom. The Balaban J connectivity index is 1.86. The lowest BCUT2D eigenvalue weighted by molar-refractivity contribution is -0.153. The summed E-state index contributed by atoms with van der Waals surface area (Å²) in [4.78, 5) is 54.6. The number of likely N-dealkylation sites (N-methyl/N-ethyl adjacent to an activating group) is 2. The van der Waals surface area contributed by atoms with Gasteiger partial charge in [0.25, 0.3) is 5.91 Å². The van der Waals surface area contributed by atoms with Crippen LogP contribution in [0.15, 0.2) is 29.0 Å². The van der Waals surface area contributed by atoms with Crippen molar-refractivity contribution in [3.8, 4) is 5.75 Å². The highest BCUT2D eigenvalue weighted by atomic mass is 16.3. The highest BCUT2D eigenvalue weighted by Gasteiger charge is 2.64. The maximum atomic E-state index is 13.8. The zero-order valence-corrected chi connectivity index (χ0v) is 21.8. The summed E-state index contributed by atoms with van der Waals surface area (Å²) < 4.78 is 0. The topological polar surface area (TPSA) is 194 Å². The first kappa shape index (κ1) is 27.3. The summed E-state index contributed by atoms with van der Waals surface area (Å²) in [5.74, 6) is -7.62. The minimum absolute atomic E-state index is 0.00532. The number of benzene rings is 1. The van der Waals surface area contributed by atoms with Gasteiger partial charge in [-0.3, -0.25) is 29.0 Å². The van der Waals surface area contributed by atoms with Crippen LogP contribution in [0.5, 0.6) is 5.75 Å². The van der Waals surface area contributed by atoms with Gasteiger partial charge in [0, 0.05) is 11.5 Å². The average molecular weight is 529 g/mol. The highest BCUT2D eigenvalue weighted by Crippen LogP contribution is 2.53. The summed E-state index contributed by atoms with van der Waals surface area (Å²) in [6.45, 7) is 1.67. The summed E-state index contributed by atoms with van der Waals surface area (Å²) in [5, 5.41) is 47.4. The minimum Gasteiger partial charge on any atom is -0.508 e. The molecule has 1 aromatic carbocycles. The van der Waals surface area contributed by atoms with Gasteiger partial charge in [-0.25, -0.2) is 0 Å². The largest absolute Gasteiger partial charge is 0.508 e. The van der Waals surface area contributed by atoms with Crippen molar-refractivity contribution in [2.24, 2.45) is 17.6 Å². The highest BCUT2D eigenvalue weighted by molar-refractivity contribution is 6.24. The van der Waals surface area contributed by atoms with Crippen LogP contribution in [0.3, 0.4) is 0 Å². The number of nitrogens with zero attached hydrogens (tertiary/aromatic N) is 2. The molecule has 12 nitrogen and oxygen atoms in total. The molecule has 3 aliphatic rings. The fourth-order valence-electron chi connectivity index (χ4n) is 5.79. The lowest BCUT2D eigenvalue weighted by atomic mass is 9.57. The number of hydrogen-bond acceptors (Lipinski definition) is 10. The molecule has 204 valence electrons. The van der Waals surface area contributed by atoms with Gasteiger partial charge in [0.2, 0.25) is 11.7 Å². The zero-order valence-electron chi connectivity index (χ0n) is 21.8. The summed E-state index contributed by atoms with van der Waals surface area (Å²) >= 11 is 0. The van der Waals surface area contributed by atoms with Crippen LogP contribution in [0.2, 0.25) is 0 Å². The number of Topliss-reactive ketones (excluding diaryl/α,β-unsaturated/α-hetero) is 2. The smallest absolute Gasteiger partial charge is 0.255 e. The third kappa shape index (κ3) is 3.79. The predicted octanol–water partition coefficient (Wildman–Crippen LogP) is -0.147. The normalized spacial score (nSPS) is 27.7. The van der Waals surface area contributed by atoms with Gasteiger partial charge in [-0.15, -0.1) is 0 Å². The number of aliphatic hydroxyl groups is 3. The van der Waals surface area contributed by atoms with Gasteiger partial charge in [0.05, 0.1) is 23.3 Å². The zero-order chi connectivity index (χ0) is 28.4. The SMILES string of the molecule is CC(C(=O)Nc1ccc2c(c1O)C(O)=C1C(=O)C3(O)C(O)=C(C(N)=O)C(=O)[C@@H](N(C)C)C3CC1C2)N(C)C. The van der Waals surface area contributed by atoms with Crippen molar-refractivity contribution >= 4 is 34.8 Å². The van der Waals surface area contributed by atoms with E-state index in [1.54, 1.807) is 46.1 Å². The molecule has 5 atom stereocenters. The number of nitrogens with two attached hydrogens (primary N) is 1. The van der Waals surface area contributed by atoms with Crippen LogP contribution in [-0.4, -0.2) is 99.5 Å². The van der Waals surface area contributed by atoms with Gasteiger partial charge >= 0.3 is 0 Å². The monoisotopic (exact) mass is 528 g/mol. The Hall–Kier alpha value is -3.74. The molecule has 0 saturated heterocycles. The molecule has 3 aliphatic carbocycles. The molecule has 0 bridgehead atoms. The number of hydrogen-bond donors (Lipinski definition) is 6. The van der Waals surface area contributed by atoms with Crippen molar-refractivity contribution in [2.45, 2.75) is 37.5 Å². The molecule has 2 amide bonds. The molecule has 0 radical (unpaired) electrons. The molecular formula is C26H32N4O8. The molecule has 1 fully saturated rings. The molecule has 38 heavy (non-hydrogen) atoms. The van der Waals surface area contributed by atoms with Crippen LogP contribution in [0.25, 0.3) is 5.76 Å². The fourth-order valence-corrected chi connectivity index (χ4v) is 5.79. The van der Waals surface area contributed by atoms with Gasteiger partial charge in [0.1, 0.15) is 22.8 Å². The Morgan fingerprint density at radius 1 is 1.13 bits per heavy atom. The minimum atomic E-state index is -2.70. The number of fused-ring (bicyclic) bond motifs is 3. The quantitative estimate of drug-likeness (QED) is 0.221. The third-order valence-electron chi connectivity index (χ3n) is 8.01. The van der Waals surface area contributed by atoms with E-state index >= 15 is 0 Å². The molecule has 0 heterocycles. The fraction of sp³-hybridized carbons (Fsp3) is 0.462. The maximum Gasteiger partial charge on any atom is 0.255 e. The van der Waals surface area contributed by atoms with Crippen molar-refractivity contribution in [1.82, 2.24) is 9.80 Å². The lowest BCUT2D eigenvalue weighted by Crippen LogP contribution is -2.65. The first-order valence-electron chi connectivity index (χ1n) is 12.1. The van der Waals surface area contributed by atoms with Crippen LogP contribution in [-0.2, 0) is 25.6 Å². The summed E-state index contributed by atoms with van der Waals surface area (Å²) in [6.07, 6.45) is 0.176. The Morgan fingerprint density at radius 3 is 2.32 bits per heavy atom. The van der Waals surface area contributed by atoms with Gasteiger partial charge < -0.3 is 31.5 Å². The van der Waals surface area contributed by atoms with Crippen molar-refractivity contribution in [1.29, 1.82) is 0 Å². The van der Waals surface area contributed by atoms with E-state index in [4.69, 9.17) is 5.73 Å². The van der Waals surface area contributed by atoms with Crippen molar-refractivity contribution in [3.63, 3.8) is 0 Å². The molecule has 1 saturated carbocycles. The number of rotatable bonds is 5. The Kier molecular flexibility index (Phi) is 6.63. The number of nitrogens with one attached hydrogen (secondary N) is 1. The van der Waals surface area contributed by atoms with Crippen molar-refractivity contribution in [2.75, 3.05) is 33.5 Å². The molecule has 0 spiro atoms. The molecular weight excluding hydrogens is 496 g/mol. The maximum absolute atomic E-state index is 13.8. The predicted molar refractivity (Wildman–Crippen MR) is 136 cm³/mol. The molecule has 0 aliphatic heterocycles. The van der Waals surface area contributed by atoms with E-state index in [1.807, 2.05) is 0 Å². The number of ketones is 2. The number of carbonyl (C=O) groups is 4. The summed E-state index contributed by atoms with van der Waals surface area (Å²) in [6, 6.07) is 1.44. The van der Waals surface area contributed by atoms with Crippen LogP contribution in [0, 0.1) is 11.8 Å².